The van der Waals surface area contributed by atoms with Gasteiger partial charge in [-0.1, -0.05) is 6.07 Å². The molecular formula is C21H23N7O. The number of carbonyl (C=O) groups is 1. The van der Waals surface area contributed by atoms with E-state index in [1.807, 2.05) is 47.3 Å². The van der Waals surface area contributed by atoms with Crippen LogP contribution in [0.1, 0.15) is 22.3 Å². The topological polar surface area (TPSA) is 87.1 Å². The van der Waals surface area contributed by atoms with Gasteiger partial charge in [-0.15, -0.1) is 0 Å². The fourth-order valence-electron chi connectivity index (χ4n) is 3.38. The van der Waals surface area contributed by atoms with Crippen LogP contribution in [-0.2, 0) is 6.54 Å². The lowest BCUT2D eigenvalue weighted by molar-refractivity contribution is 0.0790. The number of amides is 1. The highest BCUT2D eigenvalue weighted by molar-refractivity contribution is 5.94. The molecule has 148 valence electrons. The molecular weight excluding hydrogens is 366 g/mol. The molecule has 0 radical (unpaired) electrons. The first-order chi connectivity index (χ1) is 14.2. The van der Waals surface area contributed by atoms with Gasteiger partial charge in [0.1, 0.15) is 5.82 Å². The van der Waals surface area contributed by atoms with Crippen molar-refractivity contribution in [1.82, 2.24) is 24.8 Å². The molecule has 1 amide bonds. The number of likely N-dealkylation sites (N-methyl/N-ethyl adjacent to an activating group) is 1. The third-order valence-electron chi connectivity index (χ3n) is 5.07. The van der Waals surface area contributed by atoms with Crippen LogP contribution in [0.5, 0.6) is 0 Å². The summed E-state index contributed by atoms with van der Waals surface area (Å²) in [6, 6.07) is 9.55. The van der Waals surface area contributed by atoms with Crippen molar-refractivity contribution in [2.24, 2.45) is 0 Å². The van der Waals surface area contributed by atoms with Gasteiger partial charge in [0.15, 0.2) is 0 Å². The van der Waals surface area contributed by atoms with Crippen LogP contribution in [0, 0.1) is 0 Å². The first-order valence-corrected chi connectivity index (χ1v) is 9.58. The van der Waals surface area contributed by atoms with Crippen LogP contribution in [-0.4, -0.2) is 56.9 Å². The molecule has 1 atom stereocenters. The Morgan fingerprint density at radius 2 is 2.00 bits per heavy atom. The molecule has 1 fully saturated rings. The summed E-state index contributed by atoms with van der Waals surface area (Å²) in [5.41, 5.74) is 1.67. The Labute approximate surface area is 169 Å². The summed E-state index contributed by atoms with van der Waals surface area (Å²) in [7, 11) is 1.97. The van der Waals surface area contributed by atoms with Gasteiger partial charge in [0.05, 0.1) is 11.6 Å². The van der Waals surface area contributed by atoms with E-state index in [0.29, 0.717) is 31.1 Å². The quantitative estimate of drug-likeness (QED) is 0.692. The zero-order chi connectivity index (χ0) is 20.1. The Hall–Kier alpha value is -3.55. The van der Waals surface area contributed by atoms with Crippen LogP contribution in [0.3, 0.4) is 0 Å². The van der Waals surface area contributed by atoms with E-state index >= 15 is 0 Å². The Kier molecular flexibility index (Phi) is 5.60. The minimum Gasteiger partial charge on any atom is -0.366 e. The molecule has 0 unspecified atom stereocenters. The van der Waals surface area contributed by atoms with Gasteiger partial charge >= 0.3 is 0 Å². The molecule has 0 saturated carbocycles. The SMILES string of the molecule is CN(c1ncccn1)[C@H]1CCN(C(=O)c2ccc(NCc3cccnc3)nc2)C1. The molecule has 0 bridgehead atoms. The van der Waals surface area contributed by atoms with E-state index in [9.17, 15) is 4.79 Å². The Morgan fingerprint density at radius 3 is 2.72 bits per heavy atom. The van der Waals surface area contributed by atoms with E-state index in [2.05, 4.69) is 25.3 Å². The standard InChI is InChI=1S/C21H23N7O/c1-27(21-23-9-3-10-24-21)18-7-11-28(15-18)20(29)17-5-6-19(26-14-17)25-13-16-4-2-8-22-12-16/h2-6,8-10,12,14,18H,7,11,13,15H2,1H3,(H,25,26)/t18-/m0/s1. The van der Waals surface area contributed by atoms with Crippen LogP contribution < -0.4 is 10.2 Å². The molecule has 0 aliphatic carbocycles. The molecule has 1 saturated heterocycles. The molecule has 4 rings (SSSR count). The average Bonchev–Trinajstić information content (AvgIpc) is 3.29. The second kappa shape index (κ2) is 8.64. The van der Waals surface area contributed by atoms with Crippen LogP contribution >= 0.6 is 0 Å². The average molecular weight is 389 g/mol. The second-order valence-corrected chi connectivity index (χ2v) is 7.00. The molecule has 1 N–H and O–H groups in total. The van der Waals surface area contributed by atoms with E-state index < -0.39 is 0 Å². The summed E-state index contributed by atoms with van der Waals surface area (Å²) in [4.78, 5) is 33.8. The molecule has 8 nitrogen and oxygen atoms in total. The van der Waals surface area contributed by atoms with Crippen LogP contribution in [0.15, 0.2) is 61.3 Å². The number of carbonyl (C=O) groups excluding carboxylic acids is 1. The van der Waals surface area contributed by atoms with Gasteiger partial charge in [0.25, 0.3) is 5.91 Å². The van der Waals surface area contributed by atoms with Crippen molar-refractivity contribution in [3.05, 3.63) is 72.4 Å². The zero-order valence-corrected chi connectivity index (χ0v) is 16.3. The van der Waals surface area contributed by atoms with Gasteiger partial charge in [-0.2, -0.15) is 0 Å². The number of hydrogen-bond donors (Lipinski definition) is 1. The highest BCUT2D eigenvalue weighted by Gasteiger charge is 2.30. The predicted octanol–water partition coefficient (Wildman–Crippen LogP) is 2.23. The predicted molar refractivity (Wildman–Crippen MR) is 111 cm³/mol. The van der Waals surface area contributed by atoms with Crippen molar-refractivity contribution in [3.8, 4) is 0 Å². The molecule has 0 spiro atoms. The number of nitrogens with one attached hydrogen (secondary N) is 1. The summed E-state index contributed by atoms with van der Waals surface area (Å²) in [6.07, 6.45) is 9.53. The molecule has 3 aromatic heterocycles. The number of nitrogens with zero attached hydrogens (tertiary/aromatic N) is 6. The lowest BCUT2D eigenvalue weighted by Gasteiger charge is -2.24. The van der Waals surface area contributed by atoms with Crippen LogP contribution in [0.2, 0.25) is 0 Å². The molecule has 8 heteroatoms. The molecule has 3 aromatic rings. The summed E-state index contributed by atoms with van der Waals surface area (Å²) in [5, 5.41) is 3.24. The molecule has 1 aliphatic heterocycles. The number of hydrogen-bond acceptors (Lipinski definition) is 7. The normalized spacial score (nSPS) is 15.9. The lowest BCUT2D eigenvalue weighted by Crippen LogP contribution is -2.37. The monoisotopic (exact) mass is 389 g/mol. The largest absolute Gasteiger partial charge is 0.366 e. The summed E-state index contributed by atoms with van der Waals surface area (Å²) < 4.78 is 0. The van der Waals surface area contributed by atoms with Crippen molar-refractivity contribution >= 4 is 17.7 Å². The maximum Gasteiger partial charge on any atom is 0.255 e. The van der Waals surface area contributed by atoms with E-state index in [1.54, 1.807) is 30.9 Å². The summed E-state index contributed by atoms with van der Waals surface area (Å²) in [6.45, 7) is 1.99. The maximum atomic E-state index is 12.8. The van der Waals surface area contributed by atoms with Crippen molar-refractivity contribution in [1.29, 1.82) is 0 Å². The van der Waals surface area contributed by atoms with Crippen molar-refractivity contribution in [2.75, 3.05) is 30.4 Å². The third kappa shape index (κ3) is 4.48. The Bertz CT molecular complexity index is 934. The minimum atomic E-state index is 0.00110. The zero-order valence-electron chi connectivity index (χ0n) is 16.3. The van der Waals surface area contributed by atoms with E-state index in [4.69, 9.17) is 0 Å². The maximum absolute atomic E-state index is 12.8. The van der Waals surface area contributed by atoms with Gasteiger partial charge < -0.3 is 15.1 Å². The second-order valence-electron chi connectivity index (χ2n) is 7.00. The van der Waals surface area contributed by atoms with Crippen molar-refractivity contribution in [3.63, 3.8) is 0 Å². The van der Waals surface area contributed by atoms with Gasteiger partial charge in [-0.05, 0) is 36.2 Å². The third-order valence-corrected chi connectivity index (χ3v) is 5.07. The molecule has 1 aliphatic rings. The lowest BCUT2D eigenvalue weighted by atomic mass is 10.2. The smallest absolute Gasteiger partial charge is 0.255 e. The molecule has 0 aromatic carbocycles. The summed E-state index contributed by atoms with van der Waals surface area (Å²) >= 11 is 0. The first kappa shape index (κ1) is 18.8. The molecule has 4 heterocycles. The fraction of sp³-hybridized carbons (Fsp3) is 0.286. The number of pyridine rings is 2. The van der Waals surface area contributed by atoms with Gasteiger partial charge in [-0.25, -0.2) is 15.0 Å². The van der Waals surface area contributed by atoms with Gasteiger partial charge in [0.2, 0.25) is 5.95 Å². The van der Waals surface area contributed by atoms with Crippen LogP contribution in [0.25, 0.3) is 0 Å². The highest BCUT2D eigenvalue weighted by atomic mass is 16.2. The number of likely N-dealkylation sites (tertiary alicyclic amines) is 1. The molecule has 29 heavy (non-hydrogen) atoms. The van der Waals surface area contributed by atoms with E-state index in [1.165, 1.54) is 0 Å². The first-order valence-electron chi connectivity index (χ1n) is 9.58. The van der Waals surface area contributed by atoms with Gasteiger partial charge in [0, 0.05) is 57.7 Å². The van der Waals surface area contributed by atoms with Crippen molar-refractivity contribution < 1.29 is 4.79 Å². The van der Waals surface area contributed by atoms with Gasteiger partial charge in [-0.3, -0.25) is 9.78 Å². The minimum absolute atomic E-state index is 0.00110. The number of rotatable bonds is 6. The van der Waals surface area contributed by atoms with E-state index in [-0.39, 0.29) is 11.9 Å². The van der Waals surface area contributed by atoms with Crippen molar-refractivity contribution in [2.45, 2.75) is 19.0 Å². The number of anilines is 2. The number of aromatic nitrogens is 4. The Balaban J connectivity index is 1.34. The summed E-state index contributed by atoms with van der Waals surface area (Å²) in [5.74, 6) is 1.41. The van der Waals surface area contributed by atoms with Crippen LogP contribution in [0.4, 0.5) is 11.8 Å². The van der Waals surface area contributed by atoms with E-state index in [0.717, 1.165) is 17.8 Å². The fourth-order valence-corrected chi connectivity index (χ4v) is 3.38. The highest BCUT2D eigenvalue weighted by Crippen LogP contribution is 2.20. The Morgan fingerprint density at radius 1 is 1.14 bits per heavy atom.